The highest BCUT2D eigenvalue weighted by molar-refractivity contribution is 7.88. The topological polar surface area (TPSA) is 110 Å². The number of ether oxygens (including phenoxy) is 1. The van der Waals surface area contributed by atoms with Crippen molar-refractivity contribution in [2.45, 2.75) is 11.8 Å². The average Bonchev–Trinajstić information content (AvgIpc) is 2.10. The molecule has 90 valence electrons. The number of hydrogen-bond acceptors (Lipinski definition) is 6. The maximum absolute atomic E-state index is 11.5. The van der Waals surface area contributed by atoms with E-state index in [1.807, 2.05) is 0 Å². The van der Waals surface area contributed by atoms with E-state index >= 15 is 0 Å². The lowest BCUT2D eigenvalue weighted by molar-refractivity contribution is -0.150. The summed E-state index contributed by atoms with van der Waals surface area (Å²) in [4.78, 5) is 10.4. The second kappa shape index (κ2) is 4.88. The van der Waals surface area contributed by atoms with E-state index in [9.17, 15) is 13.2 Å². The molecule has 7 nitrogen and oxygen atoms in total. The lowest BCUT2D eigenvalue weighted by atomic mass is 10.3. The molecule has 1 unspecified atom stereocenters. The summed E-state index contributed by atoms with van der Waals surface area (Å²) in [5.41, 5.74) is 5.10. The molecule has 0 spiro atoms. The zero-order chi connectivity index (χ0) is 12.3. The molecule has 0 aromatic rings. The van der Waals surface area contributed by atoms with Gasteiger partial charge in [-0.2, -0.15) is 8.42 Å². The Morgan fingerprint density at radius 3 is 2.27 bits per heavy atom. The minimum atomic E-state index is -4.58. The predicted molar refractivity (Wildman–Crippen MR) is 53.7 cm³/mol. The summed E-state index contributed by atoms with van der Waals surface area (Å²) in [7, 11) is -1.89. The Labute approximate surface area is 88.9 Å². The maximum Gasteiger partial charge on any atom is 0.344 e. The molecule has 0 aromatic heterocycles. The normalized spacial score (nSPS) is 16.1. The Kier molecular flexibility index (Phi) is 4.65. The number of carbonyl (C=O) groups is 1. The number of esters is 1. The summed E-state index contributed by atoms with van der Waals surface area (Å²) in [5.74, 6) is -1.06. The summed E-state index contributed by atoms with van der Waals surface area (Å²) in [5, 5.41) is 0. The summed E-state index contributed by atoms with van der Waals surface area (Å²) >= 11 is 0. The minimum absolute atomic E-state index is 0.0841. The average molecular weight is 240 g/mol. The number of rotatable bonds is 5. The number of likely N-dealkylation sites (N-methyl/N-ethyl adjacent to an activating group) is 1. The van der Waals surface area contributed by atoms with Crippen LogP contribution in [0.2, 0.25) is 0 Å². The Hall–Kier alpha value is -0.700. The molecule has 15 heavy (non-hydrogen) atoms. The van der Waals surface area contributed by atoms with Crippen LogP contribution in [0.15, 0.2) is 0 Å². The molecule has 3 N–H and O–H groups in total. The van der Waals surface area contributed by atoms with Gasteiger partial charge in [0.25, 0.3) is 10.1 Å². The molecule has 0 amide bonds. The molecule has 0 aromatic carbocycles. The van der Waals surface area contributed by atoms with Crippen LogP contribution in [0.3, 0.4) is 0 Å². The molecule has 0 fully saturated rings. The number of nitrogens with zero attached hydrogens (tertiary/aromatic N) is 1. The molecule has 0 aliphatic heterocycles. The first-order valence-electron chi connectivity index (χ1n) is 4.19. The smallest absolute Gasteiger partial charge is 0.344 e. The first kappa shape index (κ1) is 14.3. The van der Waals surface area contributed by atoms with Gasteiger partial charge in [-0.15, -0.1) is 0 Å². The van der Waals surface area contributed by atoms with Crippen molar-refractivity contribution >= 4 is 16.1 Å². The summed E-state index contributed by atoms with van der Waals surface area (Å²) in [6.45, 7) is 1.04. The van der Waals surface area contributed by atoms with E-state index in [-0.39, 0.29) is 13.2 Å². The van der Waals surface area contributed by atoms with Gasteiger partial charge in [0.15, 0.2) is 0 Å². The van der Waals surface area contributed by atoms with Crippen LogP contribution in [-0.2, 0) is 19.6 Å². The van der Waals surface area contributed by atoms with Crippen molar-refractivity contribution in [3.05, 3.63) is 0 Å². The largest absolute Gasteiger partial charge is 0.462 e. The Bertz CT molecular complexity index is 326. The van der Waals surface area contributed by atoms with Crippen LogP contribution >= 0.6 is 0 Å². The summed E-state index contributed by atoms with van der Waals surface area (Å²) in [6, 6.07) is 0. The second-order valence-electron chi connectivity index (χ2n) is 3.28. The molecular formula is C7H16N2O5S. The third kappa shape index (κ3) is 2.88. The maximum atomic E-state index is 11.5. The number of hydrogen-bond donors (Lipinski definition) is 2. The standard InChI is InChI=1S/C7H16N2O5S/c1-7(9(2)3,15(11,12)13)6(10)14-5-4-8/h4-5,8H2,1-3H3,(H,11,12,13). The second-order valence-corrected chi connectivity index (χ2v) is 5.02. The van der Waals surface area contributed by atoms with Crippen molar-refractivity contribution in [1.29, 1.82) is 0 Å². The van der Waals surface area contributed by atoms with E-state index in [0.29, 0.717) is 0 Å². The molecular weight excluding hydrogens is 224 g/mol. The fourth-order valence-electron chi connectivity index (χ4n) is 0.804. The van der Waals surface area contributed by atoms with Gasteiger partial charge in [0.2, 0.25) is 4.87 Å². The first-order valence-corrected chi connectivity index (χ1v) is 5.63. The van der Waals surface area contributed by atoms with Gasteiger partial charge in [-0.3, -0.25) is 9.45 Å². The molecule has 0 heterocycles. The van der Waals surface area contributed by atoms with E-state index < -0.39 is 21.0 Å². The van der Waals surface area contributed by atoms with Crippen LogP contribution in [0.5, 0.6) is 0 Å². The van der Waals surface area contributed by atoms with Crippen LogP contribution < -0.4 is 5.73 Å². The Morgan fingerprint density at radius 2 is 2.00 bits per heavy atom. The monoisotopic (exact) mass is 240 g/mol. The van der Waals surface area contributed by atoms with Crippen LogP contribution in [0.1, 0.15) is 6.92 Å². The zero-order valence-electron chi connectivity index (χ0n) is 8.93. The van der Waals surface area contributed by atoms with E-state index in [1.165, 1.54) is 14.1 Å². The molecule has 0 aliphatic rings. The van der Waals surface area contributed by atoms with E-state index in [2.05, 4.69) is 4.74 Å². The van der Waals surface area contributed by atoms with Crippen molar-refractivity contribution < 1.29 is 22.5 Å². The summed E-state index contributed by atoms with van der Waals surface area (Å²) < 4.78 is 35.7. The van der Waals surface area contributed by atoms with Crippen molar-refractivity contribution in [3.8, 4) is 0 Å². The van der Waals surface area contributed by atoms with Crippen molar-refractivity contribution in [1.82, 2.24) is 4.90 Å². The highest BCUT2D eigenvalue weighted by Crippen LogP contribution is 2.20. The number of carbonyl (C=O) groups excluding carboxylic acids is 1. The van der Waals surface area contributed by atoms with Crippen LogP contribution in [0.25, 0.3) is 0 Å². The zero-order valence-corrected chi connectivity index (χ0v) is 9.74. The lowest BCUT2D eigenvalue weighted by Gasteiger charge is -2.30. The summed E-state index contributed by atoms with van der Waals surface area (Å²) in [6.07, 6.45) is 0. The van der Waals surface area contributed by atoms with Crippen LogP contribution in [0, 0.1) is 0 Å². The van der Waals surface area contributed by atoms with Crippen molar-refractivity contribution in [2.75, 3.05) is 27.2 Å². The highest BCUT2D eigenvalue weighted by Gasteiger charge is 2.49. The van der Waals surface area contributed by atoms with Crippen LogP contribution in [0.4, 0.5) is 0 Å². The highest BCUT2D eigenvalue weighted by atomic mass is 32.2. The van der Waals surface area contributed by atoms with Gasteiger partial charge in [-0.05, 0) is 21.0 Å². The number of nitrogens with two attached hydrogens (primary N) is 1. The molecule has 0 saturated heterocycles. The van der Waals surface area contributed by atoms with E-state index in [4.69, 9.17) is 10.3 Å². The van der Waals surface area contributed by atoms with Gasteiger partial charge in [0.05, 0.1) is 0 Å². The van der Waals surface area contributed by atoms with Gasteiger partial charge >= 0.3 is 5.97 Å². The quantitative estimate of drug-likeness (QED) is 0.451. The van der Waals surface area contributed by atoms with Gasteiger partial charge in [0.1, 0.15) is 6.61 Å². The Balaban J connectivity index is 5.06. The molecule has 8 heteroatoms. The molecule has 0 rings (SSSR count). The van der Waals surface area contributed by atoms with Gasteiger partial charge < -0.3 is 10.5 Å². The van der Waals surface area contributed by atoms with Crippen molar-refractivity contribution in [2.24, 2.45) is 5.73 Å². The lowest BCUT2D eigenvalue weighted by Crippen LogP contribution is -2.55. The van der Waals surface area contributed by atoms with E-state index in [1.54, 1.807) is 0 Å². The molecule has 0 aliphatic carbocycles. The molecule has 0 radical (unpaired) electrons. The third-order valence-corrected chi connectivity index (χ3v) is 3.62. The third-order valence-electron chi connectivity index (χ3n) is 2.09. The van der Waals surface area contributed by atoms with Gasteiger partial charge in [-0.25, -0.2) is 4.79 Å². The molecule has 1 atom stereocenters. The van der Waals surface area contributed by atoms with Gasteiger partial charge in [0, 0.05) is 6.54 Å². The fourth-order valence-corrected chi connectivity index (χ4v) is 1.54. The Morgan fingerprint density at radius 1 is 1.53 bits per heavy atom. The van der Waals surface area contributed by atoms with Gasteiger partial charge in [-0.1, -0.05) is 0 Å². The fraction of sp³-hybridized carbons (Fsp3) is 0.857. The molecule has 0 saturated carbocycles. The van der Waals surface area contributed by atoms with E-state index in [0.717, 1.165) is 11.8 Å². The minimum Gasteiger partial charge on any atom is -0.462 e. The van der Waals surface area contributed by atoms with Crippen molar-refractivity contribution in [3.63, 3.8) is 0 Å². The predicted octanol–water partition coefficient (Wildman–Crippen LogP) is -1.35. The molecule has 0 bridgehead atoms. The van der Waals surface area contributed by atoms with Crippen LogP contribution in [-0.4, -0.2) is 56.0 Å². The first-order chi connectivity index (χ1) is 6.67. The SMILES string of the molecule is CN(C)C(C)(C(=O)OCCN)S(=O)(=O)O.